The highest BCUT2D eigenvalue weighted by Crippen LogP contribution is 1.92. The number of nitrogens with zero attached hydrogens (tertiary/aromatic N) is 3. The molecule has 0 saturated heterocycles. The SMILES string of the molecule is CCCC(=O)/C=C/CCN=[N+]=[N-]. The lowest BCUT2D eigenvalue weighted by Gasteiger charge is -1.87. The number of hydrogen-bond acceptors (Lipinski definition) is 2. The van der Waals surface area contributed by atoms with Crippen molar-refractivity contribution in [2.75, 3.05) is 6.54 Å². The molecule has 12 heavy (non-hydrogen) atoms. The van der Waals surface area contributed by atoms with Crippen molar-refractivity contribution in [1.82, 2.24) is 0 Å². The fourth-order valence-corrected chi connectivity index (χ4v) is 0.722. The van der Waals surface area contributed by atoms with Crippen molar-refractivity contribution in [3.8, 4) is 0 Å². The second kappa shape index (κ2) is 7.82. The molecule has 0 spiro atoms. The predicted octanol–water partition coefficient (Wildman–Crippen LogP) is 2.61. The van der Waals surface area contributed by atoms with Crippen molar-refractivity contribution in [2.24, 2.45) is 5.11 Å². The first-order chi connectivity index (χ1) is 5.81. The normalized spacial score (nSPS) is 9.75. The van der Waals surface area contributed by atoms with Crippen molar-refractivity contribution in [3.05, 3.63) is 22.6 Å². The molecular formula is C8H13N3O. The van der Waals surface area contributed by atoms with Crippen molar-refractivity contribution in [3.63, 3.8) is 0 Å². The van der Waals surface area contributed by atoms with Crippen molar-refractivity contribution >= 4 is 5.78 Å². The predicted molar refractivity (Wildman–Crippen MR) is 47.7 cm³/mol. The van der Waals surface area contributed by atoms with Crippen LogP contribution >= 0.6 is 0 Å². The molecule has 0 heterocycles. The zero-order chi connectivity index (χ0) is 9.23. The van der Waals surface area contributed by atoms with Gasteiger partial charge in [-0.2, -0.15) is 0 Å². The molecule has 0 rings (SSSR count). The fraction of sp³-hybridized carbons (Fsp3) is 0.625. The second-order valence-corrected chi connectivity index (χ2v) is 2.36. The minimum absolute atomic E-state index is 0.137. The largest absolute Gasteiger partial charge is 0.295 e. The molecule has 0 bridgehead atoms. The molecule has 0 aliphatic carbocycles. The quantitative estimate of drug-likeness (QED) is 0.197. The zero-order valence-corrected chi connectivity index (χ0v) is 7.23. The van der Waals surface area contributed by atoms with Crippen LogP contribution in [0.1, 0.15) is 26.2 Å². The molecule has 66 valence electrons. The van der Waals surface area contributed by atoms with Crippen LogP contribution in [0.5, 0.6) is 0 Å². The van der Waals surface area contributed by atoms with Crippen molar-refractivity contribution in [1.29, 1.82) is 0 Å². The Morgan fingerprint density at radius 1 is 1.67 bits per heavy atom. The number of azide groups is 1. The lowest BCUT2D eigenvalue weighted by molar-refractivity contribution is -0.114. The molecular weight excluding hydrogens is 154 g/mol. The zero-order valence-electron chi connectivity index (χ0n) is 7.23. The van der Waals surface area contributed by atoms with Crippen LogP contribution in [0.3, 0.4) is 0 Å². The van der Waals surface area contributed by atoms with Crippen LogP contribution in [0, 0.1) is 0 Å². The highest BCUT2D eigenvalue weighted by molar-refractivity contribution is 5.89. The highest BCUT2D eigenvalue weighted by atomic mass is 16.1. The van der Waals surface area contributed by atoms with E-state index in [-0.39, 0.29) is 5.78 Å². The summed E-state index contributed by atoms with van der Waals surface area (Å²) in [5, 5.41) is 3.33. The summed E-state index contributed by atoms with van der Waals surface area (Å²) >= 11 is 0. The van der Waals surface area contributed by atoms with Gasteiger partial charge in [-0.05, 0) is 24.4 Å². The van der Waals surface area contributed by atoms with Gasteiger partial charge < -0.3 is 0 Å². The van der Waals surface area contributed by atoms with Gasteiger partial charge in [0.15, 0.2) is 5.78 Å². The Kier molecular flexibility index (Phi) is 6.99. The van der Waals surface area contributed by atoms with Gasteiger partial charge in [0.05, 0.1) is 0 Å². The summed E-state index contributed by atoms with van der Waals surface area (Å²) in [6, 6.07) is 0. The van der Waals surface area contributed by atoms with E-state index in [9.17, 15) is 4.79 Å². The topological polar surface area (TPSA) is 65.8 Å². The molecule has 4 heteroatoms. The van der Waals surface area contributed by atoms with Gasteiger partial charge in [-0.3, -0.25) is 4.79 Å². The highest BCUT2D eigenvalue weighted by Gasteiger charge is 1.90. The Morgan fingerprint density at radius 2 is 2.42 bits per heavy atom. The van der Waals surface area contributed by atoms with E-state index < -0.39 is 0 Å². The smallest absolute Gasteiger partial charge is 0.155 e. The number of carbonyl (C=O) groups is 1. The number of carbonyl (C=O) groups excluding carboxylic acids is 1. The summed E-state index contributed by atoms with van der Waals surface area (Å²) in [4.78, 5) is 13.5. The minimum atomic E-state index is 0.137. The Hall–Kier alpha value is -1.28. The molecule has 0 radical (unpaired) electrons. The van der Waals surface area contributed by atoms with E-state index in [0.717, 1.165) is 6.42 Å². The fourth-order valence-electron chi connectivity index (χ4n) is 0.722. The molecule has 0 unspecified atom stereocenters. The lowest BCUT2D eigenvalue weighted by atomic mass is 10.2. The van der Waals surface area contributed by atoms with E-state index in [1.165, 1.54) is 0 Å². The van der Waals surface area contributed by atoms with E-state index in [0.29, 0.717) is 19.4 Å². The molecule has 0 atom stereocenters. The summed E-state index contributed by atoms with van der Waals surface area (Å²) in [5.74, 6) is 0.137. The Bertz CT molecular complexity index is 204. The summed E-state index contributed by atoms with van der Waals surface area (Å²) in [6.45, 7) is 2.39. The molecule has 0 aromatic rings. The van der Waals surface area contributed by atoms with Crippen LogP contribution in [-0.4, -0.2) is 12.3 Å². The third kappa shape index (κ3) is 6.83. The van der Waals surface area contributed by atoms with Crippen molar-refractivity contribution in [2.45, 2.75) is 26.2 Å². The standard InChI is InChI=1S/C8H13N3O/c1-2-5-8(12)6-3-4-7-10-11-9/h3,6H,2,4-5,7H2,1H3/b6-3+. The summed E-state index contributed by atoms with van der Waals surface area (Å²) < 4.78 is 0. The molecule has 0 saturated carbocycles. The first-order valence-electron chi connectivity index (χ1n) is 4.01. The van der Waals surface area contributed by atoms with Crippen LogP contribution in [0.15, 0.2) is 17.3 Å². The van der Waals surface area contributed by atoms with E-state index in [1.54, 1.807) is 12.2 Å². The monoisotopic (exact) mass is 167 g/mol. The third-order valence-electron chi connectivity index (χ3n) is 1.26. The Labute approximate surface area is 71.9 Å². The van der Waals surface area contributed by atoms with Gasteiger partial charge in [-0.1, -0.05) is 18.1 Å². The van der Waals surface area contributed by atoms with Crippen LogP contribution in [0.4, 0.5) is 0 Å². The average Bonchev–Trinajstić information content (AvgIpc) is 2.05. The van der Waals surface area contributed by atoms with Gasteiger partial charge in [0, 0.05) is 17.9 Å². The van der Waals surface area contributed by atoms with E-state index in [2.05, 4.69) is 10.0 Å². The average molecular weight is 167 g/mol. The van der Waals surface area contributed by atoms with Gasteiger partial charge in [0.2, 0.25) is 0 Å². The van der Waals surface area contributed by atoms with E-state index in [1.807, 2.05) is 6.92 Å². The minimum Gasteiger partial charge on any atom is -0.295 e. The van der Waals surface area contributed by atoms with E-state index in [4.69, 9.17) is 5.53 Å². The van der Waals surface area contributed by atoms with Crippen LogP contribution < -0.4 is 0 Å². The molecule has 0 amide bonds. The van der Waals surface area contributed by atoms with Gasteiger partial charge >= 0.3 is 0 Å². The summed E-state index contributed by atoms with van der Waals surface area (Å²) in [6.07, 6.45) is 5.40. The first kappa shape index (κ1) is 10.7. The lowest BCUT2D eigenvalue weighted by Crippen LogP contribution is -1.89. The molecule has 0 aliphatic rings. The van der Waals surface area contributed by atoms with Crippen molar-refractivity contribution < 1.29 is 4.79 Å². The van der Waals surface area contributed by atoms with Gasteiger partial charge in [0.1, 0.15) is 0 Å². The Balaban J connectivity index is 3.47. The second-order valence-electron chi connectivity index (χ2n) is 2.36. The maximum atomic E-state index is 10.9. The molecule has 0 fully saturated rings. The Morgan fingerprint density at radius 3 is 3.00 bits per heavy atom. The van der Waals surface area contributed by atoms with Crippen LogP contribution in [0.25, 0.3) is 10.4 Å². The first-order valence-corrected chi connectivity index (χ1v) is 4.01. The molecule has 0 aromatic heterocycles. The maximum absolute atomic E-state index is 10.9. The van der Waals surface area contributed by atoms with Crippen LogP contribution in [0.2, 0.25) is 0 Å². The number of allylic oxidation sites excluding steroid dienone is 1. The van der Waals surface area contributed by atoms with Gasteiger partial charge in [0.25, 0.3) is 0 Å². The molecule has 0 aromatic carbocycles. The maximum Gasteiger partial charge on any atom is 0.155 e. The molecule has 0 N–H and O–H groups in total. The summed E-state index contributed by atoms with van der Waals surface area (Å²) in [7, 11) is 0. The molecule has 4 nitrogen and oxygen atoms in total. The summed E-state index contributed by atoms with van der Waals surface area (Å²) in [5.41, 5.74) is 7.93. The number of hydrogen-bond donors (Lipinski definition) is 0. The third-order valence-corrected chi connectivity index (χ3v) is 1.26. The van der Waals surface area contributed by atoms with Gasteiger partial charge in [-0.15, -0.1) is 0 Å². The number of rotatable bonds is 6. The van der Waals surface area contributed by atoms with Crippen LogP contribution in [-0.2, 0) is 4.79 Å². The number of ketones is 1. The molecule has 0 aliphatic heterocycles. The van der Waals surface area contributed by atoms with Gasteiger partial charge in [-0.25, -0.2) is 0 Å². The van der Waals surface area contributed by atoms with E-state index >= 15 is 0 Å².